The summed E-state index contributed by atoms with van der Waals surface area (Å²) in [4.78, 5) is 29.4. The van der Waals surface area contributed by atoms with Crippen LogP contribution in [0.2, 0.25) is 0 Å². The molecule has 1 saturated heterocycles. The van der Waals surface area contributed by atoms with Crippen molar-refractivity contribution in [3.8, 4) is 17.2 Å². The van der Waals surface area contributed by atoms with Gasteiger partial charge in [0.2, 0.25) is 5.91 Å². The van der Waals surface area contributed by atoms with Gasteiger partial charge in [-0.25, -0.2) is 0 Å². The number of hydrogen-bond donors (Lipinski definition) is 0. The second-order valence-electron chi connectivity index (χ2n) is 7.45. The first-order valence-corrected chi connectivity index (χ1v) is 10.5. The third kappa shape index (κ3) is 5.69. The van der Waals surface area contributed by atoms with E-state index in [4.69, 9.17) is 14.2 Å². The van der Waals surface area contributed by atoms with Crippen LogP contribution in [-0.2, 0) is 11.2 Å². The van der Waals surface area contributed by atoms with E-state index < -0.39 is 0 Å². The van der Waals surface area contributed by atoms with Gasteiger partial charge in [-0.3, -0.25) is 9.59 Å². The van der Waals surface area contributed by atoms with Crippen molar-refractivity contribution in [2.75, 3.05) is 47.5 Å². The Hall–Kier alpha value is -3.22. The van der Waals surface area contributed by atoms with Crippen molar-refractivity contribution in [1.29, 1.82) is 0 Å². The average Bonchev–Trinajstić information content (AvgIpc) is 3.08. The van der Waals surface area contributed by atoms with Crippen LogP contribution in [0.3, 0.4) is 0 Å². The van der Waals surface area contributed by atoms with Crippen molar-refractivity contribution in [3.63, 3.8) is 0 Å². The molecule has 1 fully saturated rings. The monoisotopic (exact) mass is 426 g/mol. The summed E-state index contributed by atoms with van der Waals surface area (Å²) in [5.74, 6) is 1.96. The van der Waals surface area contributed by atoms with Gasteiger partial charge in [0.1, 0.15) is 5.75 Å². The van der Waals surface area contributed by atoms with E-state index >= 15 is 0 Å². The average molecular weight is 427 g/mol. The lowest BCUT2D eigenvalue weighted by molar-refractivity contribution is -0.131. The Balaban J connectivity index is 1.57. The van der Waals surface area contributed by atoms with Crippen LogP contribution < -0.4 is 14.2 Å². The first kappa shape index (κ1) is 22.5. The molecule has 0 atom stereocenters. The maximum Gasteiger partial charge on any atom is 0.254 e. The summed E-state index contributed by atoms with van der Waals surface area (Å²) >= 11 is 0. The fourth-order valence-corrected chi connectivity index (χ4v) is 3.76. The predicted molar refractivity (Wildman–Crippen MR) is 118 cm³/mol. The van der Waals surface area contributed by atoms with Gasteiger partial charge in [-0.05, 0) is 48.7 Å². The predicted octanol–water partition coefficient (Wildman–Crippen LogP) is 3.02. The largest absolute Gasteiger partial charge is 0.497 e. The summed E-state index contributed by atoms with van der Waals surface area (Å²) < 4.78 is 15.8. The molecule has 0 bridgehead atoms. The zero-order chi connectivity index (χ0) is 22.2. The minimum Gasteiger partial charge on any atom is -0.497 e. The lowest BCUT2D eigenvalue weighted by atomic mass is 10.1. The van der Waals surface area contributed by atoms with E-state index in [2.05, 4.69) is 0 Å². The molecule has 0 aromatic heterocycles. The molecule has 0 N–H and O–H groups in total. The van der Waals surface area contributed by atoms with E-state index in [1.807, 2.05) is 29.2 Å². The molecule has 2 amide bonds. The van der Waals surface area contributed by atoms with E-state index in [9.17, 15) is 9.59 Å². The molecule has 2 aromatic carbocycles. The van der Waals surface area contributed by atoms with Crippen LogP contribution in [0.4, 0.5) is 0 Å². The number of amides is 2. The number of methoxy groups -OCH3 is 3. The Morgan fingerprint density at radius 2 is 1.58 bits per heavy atom. The quantitative estimate of drug-likeness (QED) is 0.681. The van der Waals surface area contributed by atoms with E-state index in [1.165, 1.54) is 0 Å². The number of carbonyl (C=O) groups is 2. The molecular weight excluding hydrogens is 396 g/mol. The second kappa shape index (κ2) is 10.7. The summed E-state index contributed by atoms with van der Waals surface area (Å²) in [7, 11) is 4.75. The van der Waals surface area contributed by atoms with Crippen molar-refractivity contribution < 1.29 is 23.8 Å². The van der Waals surface area contributed by atoms with E-state index in [-0.39, 0.29) is 11.8 Å². The Morgan fingerprint density at radius 1 is 0.839 bits per heavy atom. The van der Waals surface area contributed by atoms with Crippen molar-refractivity contribution in [3.05, 3.63) is 53.6 Å². The smallest absolute Gasteiger partial charge is 0.254 e. The number of ether oxygens (including phenoxy) is 3. The van der Waals surface area contributed by atoms with Gasteiger partial charge in [0.15, 0.2) is 11.5 Å². The molecule has 1 aliphatic heterocycles. The van der Waals surface area contributed by atoms with Crippen molar-refractivity contribution in [2.45, 2.75) is 19.3 Å². The molecule has 0 unspecified atom stereocenters. The standard InChI is InChI=1S/C24H30N2O5/c1-29-20-7-4-6-18(16-20)8-11-23(27)25-12-5-13-26(15-14-25)24(28)19-9-10-21(30-2)22(17-19)31-3/h4,6-7,9-10,16-17H,5,8,11-15H2,1-3H3. The van der Waals surface area contributed by atoms with Gasteiger partial charge in [0.05, 0.1) is 21.3 Å². The fourth-order valence-electron chi connectivity index (χ4n) is 3.76. The molecule has 2 aromatic rings. The lowest BCUT2D eigenvalue weighted by Crippen LogP contribution is -2.37. The normalized spacial score (nSPS) is 14.0. The van der Waals surface area contributed by atoms with Crippen LogP contribution in [0.25, 0.3) is 0 Å². The van der Waals surface area contributed by atoms with Crippen LogP contribution in [0, 0.1) is 0 Å². The summed E-state index contributed by atoms with van der Waals surface area (Å²) in [5, 5.41) is 0. The molecule has 31 heavy (non-hydrogen) atoms. The van der Waals surface area contributed by atoms with Gasteiger partial charge >= 0.3 is 0 Å². The third-order valence-corrected chi connectivity index (χ3v) is 5.53. The molecule has 0 saturated carbocycles. The highest BCUT2D eigenvalue weighted by Gasteiger charge is 2.23. The number of benzene rings is 2. The third-order valence-electron chi connectivity index (χ3n) is 5.53. The van der Waals surface area contributed by atoms with Crippen molar-refractivity contribution in [1.82, 2.24) is 9.80 Å². The van der Waals surface area contributed by atoms with Crippen LogP contribution in [0.15, 0.2) is 42.5 Å². The topological polar surface area (TPSA) is 68.3 Å². The van der Waals surface area contributed by atoms with Crippen LogP contribution in [0.1, 0.15) is 28.8 Å². The van der Waals surface area contributed by atoms with Crippen LogP contribution >= 0.6 is 0 Å². The molecule has 3 rings (SSSR count). The fraction of sp³-hybridized carbons (Fsp3) is 0.417. The van der Waals surface area contributed by atoms with E-state index in [0.717, 1.165) is 17.7 Å². The lowest BCUT2D eigenvalue weighted by Gasteiger charge is -2.22. The summed E-state index contributed by atoms with van der Waals surface area (Å²) in [5.41, 5.74) is 1.63. The second-order valence-corrected chi connectivity index (χ2v) is 7.45. The Labute approximate surface area is 183 Å². The Morgan fingerprint density at radius 3 is 2.32 bits per heavy atom. The van der Waals surface area contributed by atoms with Gasteiger partial charge in [-0.2, -0.15) is 0 Å². The minimum absolute atomic E-state index is 0.0633. The summed E-state index contributed by atoms with van der Waals surface area (Å²) in [6, 6.07) is 13.0. The van der Waals surface area contributed by atoms with Gasteiger partial charge < -0.3 is 24.0 Å². The molecule has 7 heteroatoms. The number of rotatable bonds is 7. The maximum absolute atomic E-state index is 13.0. The Bertz CT molecular complexity index is 915. The van der Waals surface area contributed by atoms with Gasteiger partial charge in [-0.15, -0.1) is 0 Å². The highest BCUT2D eigenvalue weighted by Crippen LogP contribution is 2.28. The minimum atomic E-state index is -0.0633. The molecule has 166 valence electrons. The van der Waals surface area contributed by atoms with Crippen LogP contribution in [-0.4, -0.2) is 69.1 Å². The number of aryl methyl sites for hydroxylation is 1. The summed E-state index contributed by atoms with van der Waals surface area (Å²) in [6.45, 7) is 2.33. The molecule has 0 aliphatic carbocycles. The van der Waals surface area contributed by atoms with Gasteiger partial charge in [-0.1, -0.05) is 12.1 Å². The molecule has 1 aliphatic rings. The van der Waals surface area contributed by atoms with Gasteiger partial charge in [0.25, 0.3) is 5.91 Å². The number of nitrogens with zero attached hydrogens (tertiary/aromatic N) is 2. The van der Waals surface area contributed by atoms with E-state index in [0.29, 0.717) is 56.1 Å². The zero-order valence-electron chi connectivity index (χ0n) is 18.4. The molecule has 7 nitrogen and oxygen atoms in total. The number of carbonyl (C=O) groups excluding carboxylic acids is 2. The Kier molecular flexibility index (Phi) is 7.76. The number of hydrogen-bond acceptors (Lipinski definition) is 5. The zero-order valence-corrected chi connectivity index (χ0v) is 18.4. The molecule has 0 radical (unpaired) electrons. The SMILES string of the molecule is COc1cccc(CCC(=O)N2CCCN(C(=O)c3ccc(OC)c(OC)c3)CC2)c1. The van der Waals surface area contributed by atoms with E-state index in [1.54, 1.807) is 44.4 Å². The highest BCUT2D eigenvalue weighted by atomic mass is 16.5. The maximum atomic E-state index is 13.0. The first-order chi connectivity index (χ1) is 15.0. The highest BCUT2D eigenvalue weighted by molar-refractivity contribution is 5.95. The molecular formula is C24H30N2O5. The molecule has 1 heterocycles. The molecule has 0 spiro atoms. The first-order valence-electron chi connectivity index (χ1n) is 10.5. The van der Waals surface area contributed by atoms with Gasteiger partial charge in [0, 0.05) is 38.2 Å². The van der Waals surface area contributed by atoms with Crippen molar-refractivity contribution >= 4 is 11.8 Å². The van der Waals surface area contributed by atoms with Crippen LogP contribution in [0.5, 0.6) is 17.2 Å². The summed E-state index contributed by atoms with van der Waals surface area (Å²) in [6.07, 6.45) is 1.86. The van der Waals surface area contributed by atoms with Crippen molar-refractivity contribution in [2.24, 2.45) is 0 Å².